The fourth-order valence-corrected chi connectivity index (χ4v) is 5.71. The molecule has 3 aromatic heterocycles. The molecule has 2 aliphatic rings. The summed E-state index contributed by atoms with van der Waals surface area (Å²) in [5.74, 6) is 1.56. The minimum Gasteiger partial charge on any atom is -0.352 e. The van der Waals surface area contributed by atoms with Crippen LogP contribution in [0.15, 0.2) is 35.3 Å². The Morgan fingerprint density at radius 3 is 2.89 bits per heavy atom. The van der Waals surface area contributed by atoms with Gasteiger partial charge in [-0.25, -0.2) is 4.39 Å². The van der Waals surface area contributed by atoms with E-state index in [2.05, 4.69) is 15.2 Å². The number of aromatic nitrogens is 3. The maximum atomic E-state index is 14.9. The van der Waals surface area contributed by atoms with Crippen LogP contribution in [0.5, 0.6) is 0 Å². The number of hydrogen-bond acceptors (Lipinski definition) is 5. The number of rotatable bonds is 3. The standard InChI is InChI=1S/C20H21FN4OS/c1-25(15-9-11-2-3-12(8-11)18(15)21)17-5-4-14(23-24-17)16-10-13-6-7-22-20(26)19(13)27-16/h4-7,10-12,15,18H,2-3,8-9H2,1H3,(H,22,26)/t11-,12+,15+,18-/m0/s1. The first-order chi connectivity index (χ1) is 13.1. The molecule has 0 aliphatic heterocycles. The van der Waals surface area contributed by atoms with E-state index in [-0.39, 0.29) is 17.5 Å². The van der Waals surface area contributed by atoms with Crippen LogP contribution in [0.2, 0.25) is 0 Å². The molecule has 3 aromatic rings. The molecule has 1 N–H and O–H groups in total. The molecule has 5 nitrogen and oxygen atoms in total. The van der Waals surface area contributed by atoms with Crippen LogP contribution >= 0.6 is 11.3 Å². The Kier molecular flexibility index (Phi) is 4.00. The van der Waals surface area contributed by atoms with E-state index in [1.54, 1.807) is 6.20 Å². The Hall–Kier alpha value is -2.28. The number of nitrogens with zero attached hydrogens (tertiary/aromatic N) is 3. The zero-order chi connectivity index (χ0) is 18.5. The molecule has 0 spiro atoms. The largest absolute Gasteiger partial charge is 0.352 e. The Balaban J connectivity index is 1.41. The van der Waals surface area contributed by atoms with E-state index in [1.807, 2.05) is 36.2 Å². The third kappa shape index (κ3) is 2.84. The first kappa shape index (κ1) is 16.9. The minimum absolute atomic E-state index is 0.0889. The van der Waals surface area contributed by atoms with Gasteiger partial charge < -0.3 is 9.88 Å². The molecule has 0 radical (unpaired) electrons. The molecule has 4 atom stereocenters. The summed E-state index contributed by atoms with van der Waals surface area (Å²) in [5, 5.41) is 9.61. The average Bonchev–Trinajstić information content (AvgIpc) is 3.30. The first-order valence-corrected chi connectivity index (χ1v) is 10.2. The van der Waals surface area contributed by atoms with Gasteiger partial charge in [0.15, 0.2) is 5.82 Å². The Morgan fingerprint density at radius 1 is 1.22 bits per heavy atom. The van der Waals surface area contributed by atoms with E-state index >= 15 is 0 Å². The van der Waals surface area contributed by atoms with Crippen LogP contribution in [0.3, 0.4) is 0 Å². The van der Waals surface area contributed by atoms with Crippen molar-refractivity contribution in [2.24, 2.45) is 11.8 Å². The second-order valence-electron chi connectivity index (χ2n) is 7.78. The minimum atomic E-state index is -0.787. The number of aromatic amines is 1. The van der Waals surface area contributed by atoms with Crippen LogP contribution in [0.4, 0.5) is 10.2 Å². The van der Waals surface area contributed by atoms with E-state index in [1.165, 1.54) is 11.3 Å². The highest BCUT2D eigenvalue weighted by atomic mass is 32.1. The molecule has 0 amide bonds. The molecular formula is C20H21FN4OS. The van der Waals surface area contributed by atoms with Gasteiger partial charge in [-0.3, -0.25) is 4.79 Å². The Labute approximate surface area is 160 Å². The van der Waals surface area contributed by atoms with Crippen molar-refractivity contribution in [3.05, 3.63) is 40.8 Å². The number of alkyl halides is 1. The Bertz CT molecular complexity index is 1030. The van der Waals surface area contributed by atoms with E-state index in [0.717, 1.165) is 41.6 Å². The second-order valence-corrected chi connectivity index (χ2v) is 8.83. The monoisotopic (exact) mass is 384 g/mol. The lowest BCUT2D eigenvalue weighted by atomic mass is 9.83. The fraction of sp³-hybridized carbons (Fsp3) is 0.450. The summed E-state index contributed by atoms with van der Waals surface area (Å²) >= 11 is 1.41. The van der Waals surface area contributed by atoms with Crippen LogP contribution in [0, 0.1) is 11.8 Å². The smallest absolute Gasteiger partial charge is 0.265 e. The highest BCUT2D eigenvalue weighted by Gasteiger charge is 2.44. The molecule has 2 aliphatic carbocycles. The van der Waals surface area contributed by atoms with Crippen molar-refractivity contribution < 1.29 is 4.39 Å². The lowest BCUT2D eigenvalue weighted by Gasteiger charge is -2.38. The molecule has 2 fully saturated rings. The zero-order valence-corrected chi connectivity index (χ0v) is 15.9. The fourth-order valence-electron chi connectivity index (χ4n) is 4.69. The third-order valence-corrected chi connectivity index (χ3v) is 7.35. The lowest BCUT2D eigenvalue weighted by Crippen LogP contribution is -2.46. The summed E-state index contributed by atoms with van der Waals surface area (Å²) in [6, 6.07) is 7.53. The van der Waals surface area contributed by atoms with Crippen LogP contribution in [0.1, 0.15) is 25.7 Å². The van der Waals surface area contributed by atoms with Crippen LogP contribution in [0.25, 0.3) is 20.7 Å². The maximum Gasteiger partial charge on any atom is 0.265 e. The summed E-state index contributed by atoms with van der Waals surface area (Å²) in [6.45, 7) is 0. The molecule has 140 valence electrons. The van der Waals surface area contributed by atoms with E-state index in [0.29, 0.717) is 16.4 Å². The molecule has 0 aromatic carbocycles. The molecule has 2 saturated carbocycles. The summed E-state index contributed by atoms with van der Waals surface area (Å²) in [7, 11) is 1.92. The second kappa shape index (κ2) is 6.41. The zero-order valence-electron chi connectivity index (χ0n) is 15.1. The molecule has 2 bridgehead atoms. The number of thiophene rings is 1. The van der Waals surface area contributed by atoms with E-state index in [4.69, 9.17) is 0 Å². The van der Waals surface area contributed by atoms with Gasteiger partial charge in [-0.2, -0.15) is 0 Å². The van der Waals surface area contributed by atoms with Crippen molar-refractivity contribution in [2.45, 2.75) is 37.9 Å². The predicted octanol–water partition coefficient (Wildman–Crippen LogP) is 4.01. The summed E-state index contributed by atoms with van der Waals surface area (Å²) in [4.78, 5) is 17.5. The van der Waals surface area contributed by atoms with Gasteiger partial charge in [-0.1, -0.05) is 0 Å². The summed E-state index contributed by atoms with van der Waals surface area (Å²) in [5.41, 5.74) is 0.641. The van der Waals surface area contributed by atoms with Crippen molar-refractivity contribution in [1.82, 2.24) is 15.2 Å². The predicted molar refractivity (Wildman–Crippen MR) is 106 cm³/mol. The normalized spacial score (nSPS) is 27.2. The van der Waals surface area contributed by atoms with E-state index in [9.17, 15) is 9.18 Å². The SMILES string of the molecule is CN(c1ccc(-c2cc3cc[nH]c(=O)c3s2)nn1)[C@@H]1C[C@H]2CC[C@H](C2)[C@@H]1F. The molecule has 0 unspecified atom stereocenters. The highest BCUT2D eigenvalue weighted by Crippen LogP contribution is 2.45. The van der Waals surface area contributed by atoms with Gasteiger partial charge in [-0.15, -0.1) is 21.5 Å². The molecule has 3 heterocycles. The average molecular weight is 384 g/mol. The van der Waals surface area contributed by atoms with Crippen molar-refractivity contribution in [3.8, 4) is 10.6 Å². The van der Waals surface area contributed by atoms with Gasteiger partial charge in [-0.05, 0) is 61.8 Å². The van der Waals surface area contributed by atoms with Crippen molar-refractivity contribution in [2.75, 3.05) is 11.9 Å². The third-order valence-electron chi connectivity index (χ3n) is 6.18. The van der Waals surface area contributed by atoms with E-state index < -0.39 is 6.17 Å². The number of anilines is 1. The summed E-state index contributed by atoms with van der Waals surface area (Å²) in [6.07, 6.45) is 4.98. The number of halogens is 1. The molecular weight excluding hydrogens is 363 g/mol. The van der Waals surface area contributed by atoms with Gasteiger partial charge >= 0.3 is 0 Å². The molecule has 7 heteroatoms. The van der Waals surface area contributed by atoms with Gasteiger partial charge in [0, 0.05) is 18.6 Å². The topological polar surface area (TPSA) is 61.9 Å². The molecule has 0 saturated heterocycles. The van der Waals surface area contributed by atoms with Crippen molar-refractivity contribution in [3.63, 3.8) is 0 Å². The van der Waals surface area contributed by atoms with Crippen LogP contribution in [-0.2, 0) is 0 Å². The number of hydrogen-bond donors (Lipinski definition) is 1. The van der Waals surface area contributed by atoms with Gasteiger partial charge in [0.1, 0.15) is 16.6 Å². The van der Waals surface area contributed by atoms with Gasteiger partial charge in [0.05, 0.1) is 10.9 Å². The number of fused-ring (bicyclic) bond motifs is 3. The number of nitrogens with one attached hydrogen (secondary N) is 1. The number of pyridine rings is 1. The molecule has 27 heavy (non-hydrogen) atoms. The number of H-pyrrole nitrogens is 1. The van der Waals surface area contributed by atoms with Gasteiger partial charge in [0.25, 0.3) is 5.56 Å². The van der Waals surface area contributed by atoms with Crippen LogP contribution < -0.4 is 10.5 Å². The van der Waals surface area contributed by atoms with Crippen LogP contribution in [-0.4, -0.2) is 34.4 Å². The lowest BCUT2D eigenvalue weighted by molar-refractivity contribution is 0.144. The Morgan fingerprint density at radius 2 is 2.11 bits per heavy atom. The first-order valence-electron chi connectivity index (χ1n) is 9.42. The maximum absolute atomic E-state index is 14.9. The van der Waals surface area contributed by atoms with Crippen molar-refractivity contribution in [1.29, 1.82) is 0 Å². The van der Waals surface area contributed by atoms with Crippen molar-refractivity contribution >= 4 is 27.2 Å². The summed E-state index contributed by atoms with van der Waals surface area (Å²) < 4.78 is 15.5. The quantitative estimate of drug-likeness (QED) is 0.741. The molecule has 5 rings (SSSR count). The highest BCUT2D eigenvalue weighted by molar-refractivity contribution is 7.22. The van der Waals surface area contributed by atoms with Gasteiger partial charge in [0.2, 0.25) is 0 Å².